The molecule has 0 aliphatic heterocycles. The van der Waals surface area contributed by atoms with Gasteiger partial charge in [-0.25, -0.2) is 14.8 Å². The highest BCUT2D eigenvalue weighted by Gasteiger charge is 2.36. The number of rotatable bonds is 4. The van der Waals surface area contributed by atoms with Gasteiger partial charge in [-0.2, -0.15) is 0 Å². The molecule has 0 N–H and O–H groups in total. The van der Waals surface area contributed by atoms with Crippen molar-refractivity contribution in [2.45, 2.75) is 19.3 Å². The maximum absolute atomic E-state index is 12.5. The number of aryl methyl sites for hydroxylation is 2. The fourth-order valence-electron chi connectivity index (χ4n) is 7.58. The Hall–Kier alpha value is -6.07. The number of nitrogens with zero attached hydrogens (tertiary/aromatic N) is 4. The van der Waals surface area contributed by atoms with Gasteiger partial charge in [0.25, 0.3) is 0 Å². The molecule has 0 unspecified atom stereocenters. The van der Waals surface area contributed by atoms with Crippen molar-refractivity contribution in [2.24, 2.45) is 14.1 Å². The maximum Gasteiger partial charge on any atom is 0.328 e. The summed E-state index contributed by atoms with van der Waals surface area (Å²) in [5.74, 6) is 0.694. The van der Waals surface area contributed by atoms with Crippen LogP contribution in [-0.4, -0.2) is 19.1 Å². The molecule has 49 heavy (non-hydrogen) atoms. The Morgan fingerprint density at radius 1 is 0.490 bits per heavy atom. The van der Waals surface area contributed by atoms with E-state index in [1.165, 1.54) is 33.0 Å². The molecule has 0 saturated heterocycles. The lowest BCUT2D eigenvalue weighted by molar-refractivity contribution is 0.661. The lowest BCUT2D eigenvalue weighted by atomic mass is 9.81. The van der Waals surface area contributed by atoms with Gasteiger partial charge in [0.1, 0.15) is 0 Å². The predicted octanol–water partition coefficient (Wildman–Crippen LogP) is 9.79. The van der Waals surface area contributed by atoms with Gasteiger partial charge in [-0.1, -0.05) is 111 Å². The van der Waals surface area contributed by atoms with Gasteiger partial charge in [0.2, 0.25) is 0 Å². The SMILES string of the molecule is Cn1c(=O)n(C)c2cc(-c3ccc(-c4cc(-c5ccc6c(c5)-c5cc7ccccc7cc5C6(C)C)nc(-c5ccccc5)n4)cc3)ccc21. The Balaban J connectivity index is 1.15. The van der Waals surface area contributed by atoms with Gasteiger partial charge in [-0.05, 0) is 80.6 Å². The molecule has 9 rings (SSSR count). The predicted molar refractivity (Wildman–Crippen MR) is 201 cm³/mol. The Kier molecular flexibility index (Phi) is 6.37. The van der Waals surface area contributed by atoms with Crippen LogP contribution >= 0.6 is 0 Å². The monoisotopic (exact) mass is 634 g/mol. The van der Waals surface area contributed by atoms with E-state index < -0.39 is 0 Å². The Bertz CT molecular complexity index is 2660. The van der Waals surface area contributed by atoms with E-state index in [1.807, 2.05) is 38.4 Å². The molecule has 0 atom stereocenters. The summed E-state index contributed by atoms with van der Waals surface area (Å²) in [5, 5.41) is 2.52. The van der Waals surface area contributed by atoms with Crippen molar-refractivity contribution >= 4 is 21.8 Å². The van der Waals surface area contributed by atoms with E-state index in [9.17, 15) is 4.79 Å². The highest BCUT2D eigenvalue weighted by molar-refractivity contribution is 5.94. The lowest BCUT2D eigenvalue weighted by Crippen LogP contribution is -2.19. The molecule has 236 valence electrons. The number of fused-ring (bicyclic) bond motifs is 5. The second-order valence-electron chi connectivity index (χ2n) is 13.6. The molecule has 5 nitrogen and oxygen atoms in total. The summed E-state index contributed by atoms with van der Waals surface area (Å²) in [4.78, 5) is 22.7. The molecule has 0 amide bonds. The largest absolute Gasteiger partial charge is 0.328 e. The van der Waals surface area contributed by atoms with Crippen molar-refractivity contribution in [3.05, 3.63) is 155 Å². The fraction of sp³-hybridized carbons (Fsp3) is 0.114. The van der Waals surface area contributed by atoms with Gasteiger partial charge in [-0.3, -0.25) is 9.13 Å². The molecule has 5 heteroatoms. The molecule has 8 aromatic rings. The van der Waals surface area contributed by atoms with Crippen LogP contribution in [-0.2, 0) is 19.5 Å². The van der Waals surface area contributed by atoms with E-state index >= 15 is 0 Å². The smallest absolute Gasteiger partial charge is 0.295 e. The van der Waals surface area contributed by atoms with Crippen LogP contribution in [0.4, 0.5) is 0 Å². The third kappa shape index (κ3) is 4.57. The van der Waals surface area contributed by atoms with Gasteiger partial charge in [0.05, 0.1) is 22.4 Å². The summed E-state index contributed by atoms with van der Waals surface area (Å²) in [6.07, 6.45) is 0. The zero-order valence-corrected chi connectivity index (χ0v) is 27.9. The van der Waals surface area contributed by atoms with Crippen LogP contribution in [0, 0.1) is 0 Å². The zero-order valence-electron chi connectivity index (χ0n) is 27.9. The molecule has 2 aromatic heterocycles. The van der Waals surface area contributed by atoms with Crippen LogP contribution in [0.15, 0.2) is 138 Å². The maximum atomic E-state index is 12.5. The normalized spacial score (nSPS) is 13.1. The molecule has 0 bridgehead atoms. The van der Waals surface area contributed by atoms with E-state index in [4.69, 9.17) is 9.97 Å². The first-order chi connectivity index (χ1) is 23.8. The number of aromatic nitrogens is 4. The molecule has 0 radical (unpaired) electrons. The molecule has 1 aliphatic carbocycles. The third-order valence-electron chi connectivity index (χ3n) is 10.4. The van der Waals surface area contributed by atoms with E-state index in [0.717, 1.165) is 50.2 Å². The Labute approximate surface area is 284 Å². The Morgan fingerprint density at radius 2 is 1.08 bits per heavy atom. The standard InChI is InChI=1S/C44H34N4O/c1-44(2)36-20-18-33(23-34(36)35-22-30-12-8-9-13-31(30)24-37(35)44)39-26-38(45-42(46-39)29-10-6-5-7-11-29)28-16-14-27(15-17-28)32-19-21-40-41(25-32)48(4)43(49)47(40)3/h5-26H,1-4H3. The highest BCUT2D eigenvalue weighted by Crippen LogP contribution is 2.50. The van der Waals surface area contributed by atoms with Crippen LogP contribution in [0.25, 0.3) is 78.0 Å². The van der Waals surface area contributed by atoms with Crippen LogP contribution in [0.2, 0.25) is 0 Å². The number of hydrogen-bond donors (Lipinski definition) is 0. The van der Waals surface area contributed by atoms with E-state index in [1.54, 1.807) is 9.13 Å². The molecular formula is C44H34N4O. The van der Waals surface area contributed by atoms with E-state index in [0.29, 0.717) is 5.82 Å². The van der Waals surface area contributed by atoms with Crippen molar-refractivity contribution < 1.29 is 0 Å². The van der Waals surface area contributed by atoms with E-state index in [2.05, 4.69) is 123 Å². The van der Waals surface area contributed by atoms with Gasteiger partial charge in [0, 0.05) is 36.2 Å². The summed E-state index contributed by atoms with van der Waals surface area (Å²) in [6.45, 7) is 4.65. The van der Waals surface area contributed by atoms with Crippen LogP contribution < -0.4 is 5.69 Å². The van der Waals surface area contributed by atoms with Gasteiger partial charge < -0.3 is 0 Å². The second kappa shape index (κ2) is 10.7. The van der Waals surface area contributed by atoms with E-state index in [-0.39, 0.29) is 11.1 Å². The molecule has 6 aromatic carbocycles. The van der Waals surface area contributed by atoms with Crippen molar-refractivity contribution in [2.75, 3.05) is 0 Å². The summed E-state index contributed by atoms with van der Waals surface area (Å²) in [7, 11) is 3.63. The van der Waals surface area contributed by atoms with Crippen LogP contribution in [0.5, 0.6) is 0 Å². The Morgan fingerprint density at radius 3 is 1.84 bits per heavy atom. The highest BCUT2D eigenvalue weighted by atomic mass is 16.1. The van der Waals surface area contributed by atoms with Crippen LogP contribution in [0.1, 0.15) is 25.0 Å². The minimum atomic E-state index is -0.0965. The lowest BCUT2D eigenvalue weighted by Gasteiger charge is -2.22. The second-order valence-corrected chi connectivity index (χ2v) is 13.6. The van der Waals surface area contributed by atoms with Crippen molar-refractivity contribution in [3.8, 4) is 56.2 Å². The quantitative estimate of drug-likeness (QED) is 0.194. The van der Waals surface area contributed by atoms with Crippen molar-refractivity contribution in [3.63, 3.8) is 0 Å². The molecule has 1 aliphatic rings. The number of benzene rings is 6. The average Bonchev–Trinajstić information content (AvgIpc) is 3.50. The van der Waals surface area contributed by atoms with Crippen molar-refractivity contribution in [1.29, 1.82) is 0 Å². The molecule has 0 spiro atoms. The first-order valence-electron chi connectivity index (χ1n) is 16.7. The minimum absolute atomic E-state index is 0.0268. The number of hydrogen-bond acceptors (Lipinski definition) is 3. The first-order valence-corrected chi connectivity index (χ1v) is 16.7. The number of imidazole rings is 1. The minimum Gasteiger partial charge on any atom is -0.295 e. The molecule has 2 heterocycles. The molecule has 0 fully saturated rings. The topological polar surface area (TPSA) is 52.7 Å². The van der Waals surface area contributed by atoms with Crippen LogP contribution in [0.3, 0.4) is 0 Å². The zero-order chi connectivity index (χ0) is 33.4. The fourth-order valence-corrected chi connectivity index (χ4v) is 7.58. The molecule has 0 saturated carbocycles. The first kappa shape index (κ1) is 29.1. The van der Waals surface area contributed by atoms with Gasteiger partial charge in [-0.15, -0.1) is 0 Å². The summed E-state index contributed by atoms with van der Waals surface area (Å²) in [5.41, 5.74) is 13.9. The van der Waals surface area contributed by atoms with Gasteiger partial charge in [0.15, 0.2) is 5.82 Å². The molecular weight excluding hydrogens is 601 g/mol. The van der Waals surface area contributed by atoms with Gasteiger partial charge >= 0.3 is 5.69 Å². The third-order valence-corrected chi connectivity index (χ3v) is 10.4. The summed E-state index contributed by atoms with van der Waals surface area (Å²) >= 11 is 0. The summed E-state index contributed by atoms with van der Waals surface area (Å²) in [6, 6.07) is 47.1. The average molecular weight is 635 g/mol. The summed E-state index contributed by atoms with van der Waals surface area (Å²) < 4.78 is 3.38. The van der Waals surface area contributed by atoms with Crippen molar-refractivity contribution in [1.82, 2.24) is 19.1 Å².